The Kier molecular flexibility index (Phi) is 8.64. The maximum atomic E-state index is 13.6. The summed E-state index contributed by atoms with van der Waals surface area (Å²) in [6.45, 7) is 15.3. The molecule has 216 valence electrons. The summed E-state index contributed by atoms with van der Waals surface area (Å²) in [7, 11) is -3.77. The fraction of sp³-hybridized carbons (Fsp3) is 0.310. The van der Waals surface area contributed by atoms with Gasteiger partial charge in [-0.2, -0.15) is 0 Å². The van der Waals surface area contributed by atoms with Crippen LogP contribution in [0, 0.1) is 0 Å². The van der Waals surface area contributed by atoms with E-state index in [2.05, 4.69) is 28.0 Å². The van der Waals surface area contributed by atoms with Crippen molar-refractivity contribution in [3.8, 4) is 10.7 Å². The van der Waals surface area contributed by atoms with E-state index in [4.69, 9.17) is 4.74 Å². The summed E-state index contributed by atoms with van der Waals surface area (Å²) in [5.74, 6) is 0. The normalized spacial score (nSPS) is 14.3. The molecule has 1 fully saturated rings. The fourth-order valence-corrected chi connectivity index (χ4v) is 8.18. The summed E-state index contributed by atoms with van der Waals surface area (Å²) >= 11 is 2.80. The molecule has 0 spiro atoms. The van der Waals surface area contributed by atoms with Crippen molar-refractivity contribution in [2.75, 3.05) is 43.6 Å². The number of hydrogen-bond acceptors (Lipinski definition) is 8. The van der Waals surface area contributed by atoms with Gasteiger partial charge < -0.3 is 14.6 Å². The van der Waals surface area contributed by atoms with Crippen LogP contribution in [0.1, 0.15) is 18.7 Å². The van der Waals surface area contributed by atoms with Crippen molar-refractivity contribution in [3.05, 3.63) is 77.2 Å². The van der Waals surface area contributed by atoms with Crippen molar-refractivity contribution in [2.24, 2.45) is 0 Å². The average Bonchev–Trinajstić information content (AvgIpc) is 3.71. The van der Waals surface area contributed by atoms with Crippen molar-refractivity contribution in [2.45, 2.75) is 24.6 Å². The van der Waals surface area contributed by atoms with E-state index >= 15 is 0 Å². The van der Waals surface area contributed by atoms with Crippen LogP contribution in [0.5, 0.6) is 0 Å². The third kappa shape index (κ3) is 6.56. The number of thiazole rings is 1. The van der Waals surface area contributed by atoms with Gasteiger partial charge in [-0.3, -0.25) is 9.21 Å². The molecule has 4 aromatic rings. The Balaban J connectivity index is 1.32. The van der Waals surface area contributed by atoms with Crippen molar-refractivity contribution < 1.29 is 17.9 Å². The molecule has 0 aliphatic carbocycles. The predicted octanol–water partition coefficient (Wildman–Crippen LogP) is 5.95. The second-order valence-electron chi connectivity index (χ2n) is 10.2. The Morgan fingerprint density at radius 1 is 1.12 bits per heavy atom. The molecule has 5 rings (SSSR count). The van der Waals surface area contributed by atoms with Gasteiger partial charge >= 0.3 is 6.09 Å². The van der Waals surface area contributed by atoms with Gasteiger partial charge in [0.05, 0.1) is 23.4 Å². The molecule has 1 aliphatic rings. The number of amides is 1. The number of rotatable bonds is 10. The van der Waals surface area contributed by atoms with Crippen LogP contribution < -0.4 is 4.31 Å². The van der Waals surface area contributed by atoms with E-state index in [1.165, 1.54) is 15.6 Å². The van der Waals surface area contributed by atoms with Gasteiger partial charge in [-0.15, -0.1) is 22.7 Å². The first-order chi connectivity index (χ1) is 19.6. The summed E-state index contributed by atoms with van der Waals surface area (Å²) in [5, 5.41) is 3.49. The van der Waals surface area contributed by atoms with Crippen molar-refractivity contribution in [1.29, 1.82) is 0 Å². The minimum atomic E-state index is -3.77. The van der Waals surface area contributed by atoms with E-state index in [1.807, 2.05) is 44.3 Å². The number of hydrogen-bond donors (Lipinski definition) is 1. The lowest BCUT2D eigenvalue weighted by molar-refractivity contribution is 0.0802. The Morgan fingerprint density at radius 2 is 1.90 bits per heavy atom. The number of thiophene rings is 1. The molecule has 0 atom stereocenters. The number of aromatic amines is 1. The quantitative estimate of drug-likeness (QED) is 0.223. The Labute approximate surface area is 248 Å². The van der Waals surface area contributed by atoms with Crippen LogP contribution in [-0.4, -0.2) is 73.6 Å². The summed E-state index contributed by atoms with van der Waals surface area (Å²) in [6.07, 6.45) is 1.59. The zero-order valence-electron chi connectivity index (χ0n) is 23.1. The van der Waals surface area contributed by atoms with E-state index in [0.717, 1.165) is 57.3 Å². The molecular formula is C29H33N5O4S3. The molecule has 1 aromatic carbocycles. The highest BCUT2D eigenvalue weighted by molar-refractivity contribution is 7.94. The number of aromatic nitrogens is 2. The van der Waals surface area contributed by atoms with Gasteiger partial charge in [0.2, 0.25) is 0 Å². The minimum Gasteiger partial charge on any atom is -0.445 e. The smallest absolute Gasteiger partial charge is 0.410 e. The monoisotopic (exact) mass is 611 g/mol. The number of ether oxygens (including phenoxy) is 1. The van der Waals surface area contributed by atoms with Gasteiger partial charge in [0, 0.05) is 49.2 Å². The summed E-state index contributed by atoms with van der Waals surface area (Å²) in [4.78, 5) is 25.5. The Bertz CT molecular complexity index is 1670. The molecule has 1 saturated heterocycles. The zero-order chi connectivity index (χ0) is 29.1. The van der Waals surface area contributed by atoms with Crippen LogP contribution in [0.25, 0.3) is 21.6 Å². The molecule has 9 nitrogen and oxygen atoms in total. The number of benzene rings is 1. The molecular weight excluding hydrogens is 579 g/mol. The highest BCUT2D eigenvalue weighted by Crippen LogP contribution is 2.36. The van der Waals surface area contributed by atoms with Crippen LogP contribution in [0.2, 0.25) is 0 Å². The first-order valence-corrected chi connectivity index (χ1v) is 16.3. The standard InChI is InChI=1S/C29H33N5O4S3/c1-20(2)17-34(41(36,37)26-9-6-14-39-26)25-8-5-7-22-15-24(31-27(22)25)28-30-16-23(40-28)18-32-10-12-33(13-11-32)29(35)38-19-21(3)4/h5-9,14-16,31H,1,3,10-13,17-19H2,2,4H3. The average molecular weight is 612 g/mol. The number of para-hydroxylation sites is 1. The first kappa shape index (κ1) is 29.1. The van der Waals surface area contributed by atoms with E-state index in [0.29, 0.717) is 18.8 Å². The van der Waals surface area contributed by atoms with E-state index in [-0.39, 0.29) is 23.5 Å². The van der Waals surface area contributed by atoms with E-state index in [1.54, 1.807) is 33.7 Å². The summed E-state index contributed by atoms with van der Waals surface area (Å²) in [5.41, 5.74) is 3.69. The lowest BCUT2D eigenvalue weighted by Gasteiger charge is -2.33. The highest BCUT2D eigenvalue weighted by Gasteiger charge is 2.28. The Hall–Kier alpha value is -3.45. The maximum Gasteiger partial charge on any atom is 0.410 e. The predicted molar refractivity (Wildman–Crippen MR) is 166 cm³/mol. The van der Waals surface area contributed by atoms with Crippen molar-refractivity contribution in [1.82, 2.24) is 19.8 Å². The number of H-pyrrole nitrogens is 1. The highest BCUT2D eigenvalue weighted by atomic mass is 32.2. The number of sulfonamides is 1. The van der Waals surface area contributed by atoms with Gasteiger partial charge in [0.25, 0.3) is 10.0 Å². The largest absolute Gasteiger partial charge is 0.445 e. The minimum absolute atomic E-state index is 0.175. The molecule has 4 heterocycles. The number of carbonyl (C=O) groups is 1. The second-order valence-corrected chi connectivity index (χ2v) is 14.4. The van der Waals surface area contributed by atoms with Crippen LogP contribution in [0.15, 0.2) is 76.5 Å². The van der Waals surface area contributed by atoms with E-state index in [9.17, 15) is 13.2 Å². The molecule has 12 heteroatoms. The van der Waals surface area contributed by atoms with Crippen LogP contribution >= 0.6 is 22.7 Å². The molecule has 41 heavy (non-hydrogen) atoms. The third-order valence-electron chi connectivity index (χ3n) is 6.59. The third-order valence-corrected chi connectivity index (χ3v) is 10.7. The summed E-state index contributed by atoms with van der Waals surface area (Å²) < 4.78 is 34.2. The molecule has 0 saturated carbocycles. The number of carbonyl (C=O) groups excluding carboxylic acids is 1. The SMILES string of the molecule is C=C(C)COC(=O)N1CCN(Cc2cnc(-c3cc4cccc(N(CC(=C)C)S(=O)(=O)c5cccs5)c4[nH]3)s2)CC1. The molecule has 0 unspecified atom stereocenters. The topological polar surface area (TPSA) is 98.8 Å². The molecule has 1 amide bonds. The van der Waals surface area contributed by atoms with Gasteiger partial charge in [-0.25, -0.2) is 18.2 Å². The van der Waals surface area contributed by atoms with Gasteiger partial charge in [-0.05, 0) is 43.0 Å². The second kappa shape index (κ2) is 12.2. The van der Waals surface area contributed by atoms with Crippen LogP contribution in [0.3, 0.4) is 0 Å². The number of fused-ring (bicyclic) bond motifs is 1. The summed E-state index contributed by atoms with van der Waals surface area (Å²) in [6, 6.07) is 11.0. The molecule has 0 radical (unpaired) electrons. The number of nitrogens with one attached hydrogen (secondary N) is 1. The molecule has 1 N–H and O–H groups in total. The molecule has 1 aliphatic heterocycles. The fourth-order valence-electron chi connectivity index (χ4n) is 4.62. The van der Waals surface area contributed by atoms with Crippen molar-refractivity contribution >= 4 is 55.4 Å². The number of nitrogens with zero attached hydrogens (tertiary/aromatic N) is 4. The van der Waals surface area contributed by atoms with Gasteiger partial charge in [-0.1, -0.05) is 36.9 Å². The van der Waals surface area contributed by atoms with Gasteiger partial charge in [0.1, 0.15) is 15.8 Å². The maximum absolute atomic E-state index is 13.6. The van der Waals surface area contributed by atoms with Crippen molar-refractivity contribution in [3.63, 3.8) is 0 Å². The van der Waals surface area contributed by atoms with Crippen LogP contribution in [0.4, 0.5) is 10.5 Å². The molecule has 3 aromatic heterocycles. The lowest BCUT2D eigenvalue weighted by Crippen LogP contribution is -2.48. The van der Waals surface area contributed by atoms with Gasteiger partial charge in [0.15, 0.2) is 0 Å². The zero-order valence-corrected chi connectivity index (χ0v) is 25.6. The number of anilines is 1. The Morgan fingerprint density at radius 3 is 2.59 bits per heavy atom. The van der Waals surface area contributed by atoms with Crippen LogP contribution in [-0.2, 0) is 21.3 Å². The molecule has 0 bridgehead atoms. The number of piperazine rings is 1. The lowest BCUT2D eigenvalue weighted by atomic mass is 10.2. The first-order valence-electron chi connectivity index (χ1n) is 13.2. The van der Waals surface area contributed by atoms with E-state index < -0.39 is 10.0 Å².